The molecule has 0 aliphatic carbocycles. The summed E-state index contributed by atoms with van der Waals surface area (Å²) in [7, 11) is 0. The SMILES string of the molecule is c1coc(COc2ccc(-c3ccco3)cc2)c1. The molecule has 0 amide bonds. The van der Waals surface area contributed by atoms with Gasteiger partial charge in [0.05, 0.1) is 12.5 Å². The van der Waals surface area contributed by atoms with Crippen LogP contribution in [0.15, 0.2) is 69.9 Å². The van der Waals surface area contributed by atoms with E-state index in [0.29, 0.717) is 6.61 Å². The van der Waals surface area contributed by atoms with Crippen molar-refractivity contribution in [1.82, 2.24) is 0 Å². The molecule has 0 unspecified atom stereocenters. The molecule has 2 aromatic heterocycles. The Morgan fingerprint density at radius 2 is 1.61 bits per heavy atom. The molecular formula is C15H12O3. The average molecular weight is 240 g/mol. The van der Waals surface area contributed by atoms with E-state index in [9.17, 15) is 0 Å². The van der Waals surface area contributed by atoms with E-state index in [1.54, 1.807) is 12.5 Å². The fraction of sp³-hybridized carbons (Fsp3) is 0.0667. The highest BCUT2D eigenvalue weighted by Gasteiger charge is 2.01. The summed E-state index contributed by atoms with van der Waals surface area (Å²) < 4.78 is 16.1. The molecule has 2 heterocycles. The second-order valence-electron chi connectivity index (χ2n) is 3.87. The highest BCUT2D eigenvalue weighted by molar-refractivity contribution is 5.58. The first-order chi connectivity index (χ1) is 8.92. The first-order valence-corrected chi connectivity index (χ1v) is 5.71. The van der Waals surface area contributed by atoms with Crippen molar-refractivity contribution in [3.8, 4) is 17.1 Å². The van der Waals surface area contributed by atoms with Gasteiger partial charge in [-0.2, -0.15) is 0 Å². The molecule has 0 aliphatic heterocycles. The molecule has 0 atom stereocenters. The third-order valence-electron chi connectivity index (χ3n) is 2.62. The van der Waals surface area contributed by atoms with Gasteiger partial charge in [-0.3, -0.25) is 0 Å². The summed E-state index contributed by atoms with van der Waals surface area (Å²) in [6.45, 7) is 0.438. The van der Waals surface area contributed by atoms with Gasteiger partial charge in [-0.05, 0) is 48.5 Å². The first kappa shape index (κ1) is 10.7. The van der Waals surface area contributed by atoms with Gasteiger partial charge in [0, 0.05) is 5.56 Å². The van der Waals surface area contributed by atoms with E-state index in [-0.39, 0.29) is 0 Å². The largest absolute Gasteiger partial charge is 0.486 e. The quantitative estimate of drug-likeness (QED) is 0.688. The van der Waals surface area contributed by atoms with Crippen LogP contribution < -0.4 is 4.74 Å². The van der Waals surface area contributed by atoms with E-state index < -0.39 is 0 Å². The molecule has 0 radical (unpaired) electrons. The second kappa shape index (κ2) is 4.84. The van der Waals surface area contributed by atoms with E-state index in [2.05, 4.69) is 0 Å². The number of benzene rings is 1. The topological polar surface area (TPSA) is 35.5 Å². The van der Waals surface area contributed by atoms with Crippen molar-refractivity contribution in [3.05, 3.63) is 66.8 Å². The lowest BCUT2D eigenvalue weighted by atomic mass is 10.2. The normalized spacial score (nSPS) is 10.4. The van der Waals surface area contributed by atoms with Crippen molar-refractivity contribution in [2.24, 2.45) is 0 Å². The number of furan rings is 2. The molecule has 3 heteroatoms. The fourth-order valence-electron chi connectivity index (χ4n) is 1.71. The lowest BCUT2D eigenvalue weighted by Crippen LogP contribution is -1.93. The van der Waals surface area contributed by atoms with Crippen molar-refractivity contribution in [1.29, 1.82) is 0 Å². The van der Waals surface area contributed by atoms with E-state index in [0.717, 1.165) is 22.8 Å². The Balaban J connectivity index is 1.68. The molecule has 0 bridgehead atoms. The zero-order valence-corrected chi connectivity index (χ0v) is 9.71. The maximum atomic E-state index is 5.60. The Bertz CT molecular complexity index is 577. The molecule has 0 aliphatic rings. The standard InChI is InChI=1S/C15H12O3/c1-3-14(16-9-1)11-18-13-7-5-12(6-8-13)15-4-2-10-17-15/h1-10H,11H2. The Morgan fingerprint density at radius 3 is 2.28 bits per heavy atom. The van der Waals surface area contributed by atoms with Crippen LogP contribution in [0.25, 0.3) is 11.3 Å². The van der Waals surface area contributed by atoms with Crippen LogP contribution in [0.5, 0.6) is 5.75 Å². The minimum Gasteiger partial charge on any atom is -0.486 e. The predicted molar refractivity (Wildman–Crippen MR) is 67.2 cm³/mol. The molecule has 3 rings (SSSR count). The van der Waals surface area contributed by atoms with Crippen LogP contribution in [0.2, 0.25) is 0 Å². The van der Waals surface area contributed by atoms with Gasteiger partial charge in [0.25, 0.3) is 0 Å². The molecule has 18 heavy (non-hydrogen) atoms. The van der Waals surface area contributed by atoms with E-state index >= 15 is 0 Å². The van der Waals surface area contributed by atoms with Gasteiger partial charge in [0.2, 0.25) is 0 Å². The van der Waals surface area contributed by atoms with Crippen LogP contribution in [0.4, 0.5) is 0 Å². The van der Waals surface area contributed by atoms with Gasteiger partial charge >= 0.3 is 0 Å². The number of ether oxygens (including phenoxy) is 1. The zero-order valence-electron chi connectivity index (χ0n) is 9.71. The number of hydrogen-bond donors (Lipinski definition) is 0. The molecule has 90 valence electrons. The van der Waals surface area contributed by atoms with Crippen LogP contribution in [0.3, 0.4) is 0 Å². The maximum Gasteiger partial charge on any atom is 0.146 e. The van der Waals surface area contributed by atoms with Crippen LogP contribution in [-0.4, -0.2) is 0 Å². The summed E-state index contributed by atoms with van der Waals surface area (Å²) in [6.07, 6.45) is 3.30. The molecule has 3 aromatic rings. The summed E-state index contributed by atoms with van der Waals surface area (Å²) in [5.74, 6) is 2.47. The lowest BCUT2D eigenvalue weighted by molar-refractivity contribution is 0.270. The smallest absolute Gasteiger partial charge is 0.146 e. The third-order valence-corrected chi connectivity index (χ3v) is 2.62. The van der Waals surface area contributed by atoms with Gasteiger partial charge in [0.1, 0.15) is 23.9 Å². The maximum absolute atomic E-state index is 5.60. The molecule has 0 saturated heterocycles. The lowest BCUT2D eigenvalue weighted by Gasteiger charge is -2.04. The van der Waals surface area contributed by atoms with Crippen molar-refractivity contribution in [2.45, 2.75) is 6.61 Å². The van der Waals surface area contributed by atoms with Gasteiger partial charge in [-0.15, -0.1) is 0 Å². The number of hydrogen-bond acceptors (Lipinski definition) is 3. The summed E-state index contributed by atoms with van der Waals surface area (Å²) in [6, 6.07) is 15.3. The highest BCUT2D eigenvalue weighted by Crippen LogP contribution is 2.23. The third kappa shape index (κ3) is 2.30. The van der Waals surface area contributed by atoms with Crippen LogP contribution in [0.1, 0.15) is 5.76 Å². The molecule has 0 N–H and O–H groups in total. The van der Waals surface area contributed by atoms with Gasteiger partial charge in [-0.25, -0.2) is 0 Å². The Hall–Kier alpha value is -2.42. The van der Waals surface area contributed by atoms with Gasteiger partial charge in [-0.1, -0.05) is 0 Å². The average Bonchev–Trinajstić information content (AvgIpc) is 3.10. The predicted octanol–water partition coefficient (Wildman–Crippen LogP) is 4.12. The Morgan fingerprint density at radius 1 is 0.833 bits per heavy atom. The molecule has 1 aromatic carbocycles. The summed E-state index contributed by atoms with van der Waals surface area (Å²) in [5.41, 5.74) is 1.03. The van der Waals surface area contributed by atoms with Crippen molar-refractivity contribution in [2.75, 3.05) is 0 Å². The zero-order chi connectivity index (χ0) is 12.2. The molecule has 0 fully saturated rings. The van der Waals surface area contributed by atoms with Crippen LogP contribution in [-0.2, 0) is 6.61 Å². The van der Waals surface area contributed by atoms with E-state index in [4.69, 9.17) is 13.6 Å². The van der Waals surface area contributed by atoms with Crippen LogP contribution in [0, 0.1) is 0 Å². The van der Waals surface area contributed by atoms with Gasteiger partial charge < -0.3 is 13.6 Å². The molecule has 0 saturated carbocycles. The Kier molecular flexibility index (Phi) is 2.88. The van der Waals surface area contributed by atoms with Gasteiger partial charge in [0.15, 0.2) is 0 Å². The molecular weight excluding hydrogens is 228 g/mol. The summed E-state index contributed by atoms with van der Waals surface area (Å²) in [4.78, 5) is 0. The summed E-state index contributed by atoms with van der Waals surface area (Å²) >= 11 is 0. The van der Waals surface area contributed by atoms with Crippen LogP contribution >= 0.6 is 0 Å². The van der Waals surface area contributed by atoms with Crippen molar-refractivity contribution in [3.63, 3.8) is 0 Å². The monoisotopic (exact) mass is 240 g/mol. The van der Waals surface area contributed by atoms with Crippen molar-refractivity contribution < 1.29 is 13.6 Å². The molecule has 0 spiro atoms. The highest BCUT2D eigenvalue weighted by atomic mass is 16.5. The summed E-state index contributed by atoms with van der Waals surface area (Å²) in [5, 5.41) is 0. The minimum atomic E-state index is 0.438. The van der Waals surface area contributed by atoms with E-state index in [1.165, 1.54) is 0 Å². The Labute approximate surface area is 105 Å². The second-order valence-corrected chi connectivity index (χ2v) is 3.87. The van der Waals surface area contributed by atoms with E-state index in [1.807, 2.05) is 48.5 Å². The number of rotatable bonds is 4. The molecule has 3 nitrogen and oxygen atoms in total. The first-order valence-electron chi connectivity index (χ1n) is 5.71. The minimum absolute atomic E-state index is 0.438. The van der Waals surface area contributed by atoms with Crippen molar-refractivity contribution >= 4 is 0 Å². The fourth-order valence-corrected chi connectivity index (χ4v) is 1.71.